The van der Waals surface area contributed by atoms with Crippen molar-refractivity contribution in [3.63, 3.8) is 0 Å². The molecule has 0 bridgehead atoms. The molecule has 0 aromatic carbocycles. The quantitative estimate of drug-likeness (QED) is 0.0204. The summed E-state index contributed by atoms with van der Waals surface area (Å²) in [6, 6.07) is -0.930. The highest BCUT2D eigenvalue weighted by Gasteiger charge is 2.51. The van der Waals surface area contributed by atoms with Gasteiger partial charge in [0.05, 0.1) is 32.0 Å². The second-order valence-electron chi connectivity index (χ2n) is 28.5. The zero-order valence-electron chi connectivity index (χ0n) is 60.3. The second kappa shape index (κ2) is 63.9. The monoisotopic (exact) mass is 1320 g/mol. The molecule has 1 amide bonds. The Morgan fingerprint density at radius 2 is 0.688 bits per heavy atom. The third kappa shape index (κ3) is 47.2. The summed E-state index contributed by atoms with van der Waals surface area (Å²) in [5.74, 6) is -0.240. The molecule has 0 aliphatic carbocycles. The Morgan fingerprint density at radius 1 is 0.376 bits per heavy atom. The smallest absolute Gasteiger partial charge is 0.220 e. The van der Waals surface area contributed by atoms with E-state index in [4.69, 9.17) is 18.9 Å². The lowest BCUT2D eigenvalue weighted by atomic mass is 9.97. The first kappa shape index (κ1) is 87.6. The highest BCUT2D eigenvalue weighted by Crippen LogP contribution is 2.30. The van der Waals surface area contributed by atoms with E-state index in [9.17, 15) is 45.6 Å². The first-order valence-corrected chi connectivity index (χ1v) is 40.1. The molecular formula is C79H151NO13. The van der Waals surface area contributed by atoms with Gasteiger partial charge in [0.1, 0.15) is 48.8 Å². The van der Waals surface area contributed by atoms with Gasteiger partial charge in [0.15, 0.2) is 12.6 Å². The number of ether oxygens (including phenoxy) is 4. The van der Waals surface area contributed by atoms with Gasteiger partial charge < -0.3 is 65.1 Å². The Balaban J connectivity index is 1.63. The summed E-state index contributed by atoms with van der Waals surface area (Å²) < 4.78 is 22.9. The number of nitrogens with one attached hydrogen (secondary N) is 1. The van der Waals surface area contributed by atoms with Crippen molar-refractivity contribution in [2.45, 2.75) is 453 Å². The van der Waals surface area contributed by atoms with Crippen LogP contribution in [0.4, 0.5) is 0 Å². The predicted octanol–water partition coefficient (Wildman–Crippen LogP) is 17.9. The molecule has 14 heteroatoms. The van der Waals surface area contributed by atoms with Crippen LogP contribution in [0.2, 0.25) is 0 Å². The van der Waals surface area contributed by atoms with E-state index in [1.807, 2.05) is 6.08 Å². The van der Waals surface area contributed by atoms with Crippen LogP contribution in [0.25, 0.3) is 0 Å². The number of carbonyl (C=O) groups is 1. The molecule has 2 aliphatic rings. The van der Waals surface area contributed by atoms with Gasteiger partial charge in [0.25, 0.3) is 0 Å². The largest absolute Gasteiger partial charge is 0.394 e. The van der Waals surface area contributed by atoms with Gasteiger partial charge in [-0.3, -0.25) is 4.79 Å². The number of hydrogen-bond donors (Lipinski definition) is 9. The lowest BCUT2D eigenvalue weighted by Crippen LogP contribution is -2.65. The molecule has 0 radical (unpaired) electrons. The number of allylic oxidation sites excluding steroid dienone is 3. The number of unbranched alkanes of at least 4 members (excludes halogenated alkanes) is 53. The molecule has 0 saturated carbocycles. The normalized spacial score (nSPS) is 22.6. The van der Waals surface area contributed by atoms with Crippen LogP contribution in [0, 0.1) is 0 Å². The fourth-order valence-electron chi connectivity index (χ4n) is 13.6. The molecule has 550 valence electrons. The number of carbonyl (C=O) groups excluding carboxylic acids is 1. The molecule has 14 nitrogen and oxygen atoms in total. The topological polar surface area (TPSA) is 228 Å². The first-order chi connectivity index (χ1) is 45.6. The minimum atomic E-state index is -1.79. The Labute approximate surface area is 570 Å². The summed E-state index contributed by atoms with van der Waals surface area (Å²) in [6.07, 6.45) is 65.6. The molecule has 2 aliphatic heterocycles. The molecule has 2 rings (SSSR count). The maximum atomic E-state index is 13.4. The maximum absolute atomic E-state index is 13.4. The standard InChI is InChI=1S/C79H151NO13/c1-3-5-7-9-11-13-15-17-19-21-23-25-27-29-31-33-35-36-38-40-42-44-46-48-50-52-54-56-58-60-62-68(83)67(66-90-78-76(89)74(87)77(70(65-82)92-78)93-79-75(88)73(86)72(85)69(64-81)91-79)80-71(84)63-61-59-57-55-53-51-49-47-45-43-41-39-37-34-32-30-28-26-24-22-20-18-16-14-12-10-8-6-4-2/h52,54,60,62,67-70,72-79,81-83,85-89H,3-51,53,55-59,61,63-66H2,1-2H3,(H,80,84)/b54-52+,62-60+. The molecule has 0 aromatic heterocycles. The van der Waals surface area contributed by atoms with Crippen molar-refractivity contribution in [1.29, 1.82) is 0 Å². The summed E-state index contributed by atoms with van der Waals surface area (Å²) in [4.78, 5) is 13.4. The Kier molecular flexibility index (Phi) is 60.1. The summed E-state index contributed by atoms with van der Waals surface area (Å²) in [7, 11) is 0. The van der Waals surface area contributed by atoms with Gasteiger partial charge in [0.2, 0.25) is 5.91 Å². The van der Waals surface area contributed by atoms with Crippen molar-refractivity contribution >= 4 is 5.91 Å². The van der Waals surface area contributed by atoms with Gasteiger partial charge in [0, 0.05) is 6.42 Å². The van der Waals surface area contributed by atoms with Gasteiger partial charge in [-0.25, -0.2) is 0 Å². The summed E-state index contributed by atoms with van der Waals surface area (Å²) in [5, 5.41) is 87.6. The fourth-order valence-corrected chi connectivity index (χ4v) is 13.6. The van der Waals surface area contributed by atoms with Crippen LogP contribution in [-0.2, 0) is 23.7 Å². The fraction of sp³-hybridized carbons (Fsp3) is 0.937. The molecule has 2 heterocycles. The molecule has 9 N–H and O–H groups in total. The van der Waals surface area contributed by atoms with Crippen molar-refractivity contribution in [2.75, 3.05) is 19.8 Å². The van der Waals surface area contributed by atoms with E-state index < -0.39 is 86.8 Å². The van der Waals surface area contributed by atoms with Crippen LogP contribution in [0.1, 0.15) is 380 Å². The number of aliphatic hydroxyl groups is 8. The molecule has 12 atom stereocenters. The molecule has 12 unspecified atom stereocenters. The summed E-state index contributed by atoms with van der Waals surface area (Å²) in [5.41, 5.74) is 0. The Morgan fingerprint density at radius 3 is 1.05 bits per heavy atom. The Hall–Kier alpha value is -1.53. The molecule has 2 fully saturated rings. The van der Waals surface area contributed by atoms with Crippen LogP contribution in [0.5, 0.6) is 0 Å². The number of hydrogen-bond acceptors (Lipinski definition) is 13. The van der Waals surface area contributed by atoms with E-state index in [1.165, 1.54) is 315 Å². The lowest BCUT2D eigenvalue weighted by molar-refractivity contribution is -0.359. The SMILES string of the molecule is CCCCCCCCCCCCCCCCCCCCCCCCCC/C=C/CC/C=C/C(O)C(COC1OC(CO)C(OC2OC(CO)C(O)C(O)C2O)C(O)C1O)NC(=O)CCCCCCCCCCCCCCCCCCCCCCCCCCCCCCC. The molecule has 0 spiro atoms. The van der Waals surface area contributed by atoms with E-state index in [0.29, 0.717) is 12.8 Å². The van der Waals surface area contributed by atoms with Gasteiger partial charge in [-0.05, 0) is 32.1 Å². The van der Waals surface area contributed by atoms with E-state index in [1.54, 1.807) is 6.08 Å². The minimum Gasteiger partial charge on any atom is -0.394 e. The minimum absolute atomic E-state index is 0.240. The average Bonchev–Trinajstić information content (AvgIpc) is 0.852. The molecule has 2 saturated heterocycles. The summed E-state index contributed by atoms with van der Waals surface area (Å²) in [6.45, 7) is 2.86. The van der Waals surface area contributed by atoms with Crippen LogP contribution < -0.4 is 5.32 Å². The van der Waals surface area contributed by atoms with Gasteiger partial charge in [-0.15, -0.1) is 0 Å². The van der Waals surface area contributed by atoms with E-state index in [2.05, 4.69) is 31.3 Å². The first-order valence-electron chi connectivity index (χ1n) is 40.1. The zero-order valence-corrected chi connectivity index (χ0v) is 60.3. The van der Waals surface area contributed by atoms with E-state index >= 15 is 0 Å². The molecular weight excluding hydrogens is 1170 g/mol. The van der Waals surface area contributed by atoms with Crippen molar-refractivity contribution in [2.24, 2.45) is 0 Å². The lowest BCUT2D eigenvalue weighted by Gasteiger charge is -2.46. The van der Waals surface area contributed by atoms with Crippen LogP contribution >= 0.6 is 0 Å². The van der Waals surface area contributed by atoms with E-state index in [-0.39, 0.29) is 18.9 Å². The van der Waals surface area contributed by atoms with Gasteiger partial charge in [-0.2, -0.15) is 0 Å². The molecule has 0 aromatic rings. The van der Waals surface area contributed by atoms with Crippen LogP contribution in [-0.4, -0.2) is 140 Å². The van der Waals surface area contributed by atoms with E-state index in [0.717, 1.165) is 32.1 Å². The van der Waals surface area contributed by atoms with Crippen molar-refractivity contribution in [1.82, 2.24) is 5.32 Å². The summed E-state index contributed by atoms with van der Waals surface area (Å²) >= 11 is 0. The number of aliphatic hydroxyl groups excluding tert-OH is 8. The van der Waals surface area contributed by atoms with Crippen LogP contribution in [0.3, 0.4) is 0 Å². The van der Waals surface area contributed by atoms with Gasteiger partial charge in [-0.1, -0.05) is 366 Å². The Bertz CT molecular complexity index is 1650. The number of rotatable bonds is 68. The highest BCUT2D eigenvalue weighted by molar-refractivity contribution is 5.76. The maximum Gasteiger partial charge on any atom is 0.220 e. The number of amides is 1. The third-order valence-corrected chi connectivity index (χ3v) is 19.9. The average molecular weight is 1320 g/mol. The highest BCUT2D eigenvalue weighted by atomic mass is 16.7. The van der Waals surface area contributed by atoms with Crippen molar-refractivity contribution < 1.29 is 64.6 Å². The third-order valence-electron chi connectivity index (χ3n) is 19.9. The van der Waals surface area contributed by atoms with Crippen LogP contribution in [0.15, 0.2) is 24.3 Å². The predicted molar refractivity (Wildman–Crippen MR) is 383 cm³/mol. The van der Waals surface area contributed by atoms with Gasteiger partial charge >= 0.3 is 0 Å². The van der Waals surface area contributed by atoms with Crippen molar-refractivity contribution in [3.05, 3.63) is 24.3 Å². The zero-order chi connectivity index (χ0) is 67.3. The second-order valence-corrected chi connectivity index (χ2v) is 28.5. The van der Waals surface area contributed by atoms with Crippen molar-refractivity contribution in [3.8, 4) is 0 Å². The molecule has 93 heavy (non-hydrogen) atoms.